The van der Waals surface area contributed by atoms with Crippen molar-refractivity contribution in [1.82, 2.24) is 4.98 Å². The van der Waals surface area contributed by atoms with Crippen LogP contribution in [-0.4, -0.2) is 18.3 Å². The van der Waals surface area contributed by atoms with E-state index in [1.54, 1.807) is 0 Å². The van der Waals surface area contributed by atoms with Crippen molar-refractivity contribution in [3.05, 3.63) is 52.5 Å². The summed E-state index contributed by atoms with van der Waals surface area (Å²) in [6.07, 6.45) is 0.849. The van der Waals surface area contributed by atoms with E-state index in [0.717, 1.165) is 36.5 Å². The summed E-state index contributed by atoms with van der Waals surface area (Å²) in [5, 5.41) is 10.6. The van der Waals surface area contributed by atoms with Gasteiger partial charge in [-0.15, -0.1) is 0 Å². The van der Waals surface area contributed by atoms with Crippen LogP contribution in [0.3, 0.4) is 0 Å². The van der Waals surface area contributed by atoms with Gasteiger partial charge in [-0.05, 0) is 24.3 Å². The van der Waals surface area contributed by atoms with Crippen molar-refractivity contribution in [1.29, 1.82) is 0 Å². The zero-order valence-corrected chi connectivity index (χ0v) is 11.2. The Hall–Kier alpha value is -2.75. The first-order chi connectivity index (χ1) is 9.79. The van der Waals surface area contributed by atoms with E-state index in [1.165, 1.54) is 0 Å². The Labute approximate surface area is 118 Å². The van der Waals surface area contributed by atoms with Crippen LogP contribution in [0.15, 0.2) is 41.4 Å². The largest absolute Gasteiger partial charge is 0.393 e. The van der Waals surface area contributed by atoms with E-state index in [1.807, 2.05) is 0 Å². The van der Waals surface area contributed by atoms with Gasteiger partial charge < -0.3 is 5.73 Å². The maximum absolute atomic E-state index is 12.7. The number of aromatic nitrogens is 1. The number of nitrogen functional groups attached to an aromatic ring is 1. The van der Waals surface area contributed by atoms with Crippen molar-refractivity contribution < 1.29 is 17.7 Å². The van der Waals surface area contributed by atoms with Crippen LogP contribution in [0.25, 0.3) is 0 Å². The number of pyridine rings is 1. The van der Waals surface area contributed by atoms with Gasteiger partial charge in [0.1, 0.15) is 17.3 Å². The molecule has 2 aromatic rings. The van der Waals surface area contributed by atoms with Crippen molar-refractivity contribution in [3.63, 3.8) is 0 Å². The molecular weight excluding hydrogens is 303 g/mol. The zero-order chi connectivity index (χ0) is 15.6. The molecule has 0 atom stereocenters. The number of nitro benzene ring substituents is 1. The highest BCUT2D eigenvalue weighted by atomic mass is 32.2. The molecule has 1 heterocycles. The van der Waals surface area contributed by atoms with Gasteiger partial charge in [-0.3, -0.25) is 14.8 Å². The van der Waals surface area contributed by atoms with Crippen LogP contribution >= 0.6 is 0 Å². The third-order valence-corrected chi connectivity index (χ3v) is 3.82. The van der Waals surface area contributed by atoms with Crippen LogP contribution in [0, 0.1) is 15.9 Å². The number of halogens is 1. The summed E-state index contributed by atoms with van der Waals surface area (Å²) in [4.78, 5) is 13.2. The molecule has 0 radical (unpaired) electrons. The van der Waals surface area contributed by atoms with E-state index < -0.39 is 26.5 Å². The molecule has 0 aliphatic heterocycles. The number of rotatable bonds is 4. The second-order valence-electron chi connectivity index (χ2n) is 3.94. The molecule has 0 amide bonds. The number of anilines is 2. The molecule has 0 bridgehead atoms. The average Bonchev–Trinajstić information content (AvgIpc) is 2.40. The fourth-order valence-electron chi connectivity index (χ4n) is 1.50. The number of nitrogens with one attached hydrogen (secondary N) is 1. The summed E-state index contributed by atoms with van der Waals surface area (Å²) >= 11 is 0. The lowest BCUT2D eigenvalue weighted by Gasteiger charge is -2.07. The van der Waals surface area contributed by atoms with Crippen LogP contribution in [0.2, 0.25) is 0 Å². The standard InChI is InChI=1S/C11H9FN4O4S/c12-7-1-4-11(14-6-7)15-21(19,20)8-2-3-10(16(17)18)9(13)5-8/h1-6H,13H2,(H,14,15). The van der Waals surface area contributed by atoms with Crippen LogP contribution in [-0.2, 0) is 10.0 Å². The topological polar surface area (TPSA) is 128 Å². The molecule has 10 heteroatoms. The van der Waals surface area contributed by atoms with Crippen molar-refractivity contribution in [2.24, 2.45) is 0 Å². The Morgan fingerprint density at radius 2 is 2.00 bits per heavy atom. The minimum atomic E-state index is -4.03. The van der Waals surface area contributed by atoms with E-state index in [2.05, 4.69) is 9.71 Å². The SMILES string of the molecule is Nc1cc(S(=O)(=O)Nc2ccc(F)cn2)ccc1[N+](=O)[O-]. The van der Waals surface area contributed by atoms with Gasteiger partial charge in [-0.25, -0.2) is 17.8 Å². The van der Waals surface area contributed by atoms with Crippen LogP contribution < -0.4 is 10.5 Å². The Balaban J connectivity index is 2.33. The van der Waals surface area contributed by atoms with Gasteiger partial charge >= 0.3 is 0 Å². The molecule has 0 aliphatic rings. The lowest BCUT2D eigenvalue weighted by Crippen LogP contribution is -2.14. The second-order valence-corrected chi connectivity index (χ2v) is 5.63. The van der Waals surface area contributed by atoms with E-state index in [4.69, 9.17) is 5.73 Å². The molecular formula is C11H9FN4O4S. The average molecular weight is 312 g/mol. The first-order valence-corrected chi connectivity index (χ1v) is 6.96. The number of sulfonamides is 1. The highest BCUT2D eigenvalue weighted by molar-refractivity contribution is 7.92. The molecule has 110 valence electrons. The predicted molar refractivity (Wildman–Crippen MR) is 72.5 cm³/mol. The fraction of sp³-hybridized carbons (Fsp3) is 0. The van der Waals surface area contributed by atoms with E-state index in [0.29, 0.717) is 0 Å². The van der Waals surface area contributed by atoms with E-state index in [-0.39, 0.29) is 16.4 Å². The summed E-state index contributed by atoms with van der Waals surface area (Å²) in [6, 6.07) is 5.17. The fourth-order valence-corrected chi connectivity index (χ4v) is 2.54. The maximum Gasteiger partial charge on any atom is 0.292 e. The van der Waals surface area contributed by atoms with Gasteiger partial charge in [0.15, 0.2) is 0 Å². The molecule has 0 unspecified atom stereocenters. The van der Waals surface area contributed by atoms with Crippen LogP contribution in [0.5, 0.6) is 0 Å². The van der Waals surface area contributed by atoms with E-state index in [9.17, 15) is 22.9 Å². The molecule has 0 saturated heterocycles. The smallest absolute Gasteiger partial charge is 0.292 e. The van der Waals surface area contributed by atoms with Gasteiger partial charge in [0, 0.05) is 6.07 Å². The quantitative estimate of drug-likeness (QED) is 0.500. The van der Waals surface area contributed by atoms with E-state index >= 15 is 0 Å². The van der Waals surface area contributed by atoms with Crippen LogP contribution in [0.1, 0.15) is 0 Å². The number of hydrogen-bond acceptors (Lipinski definition) is 6. The first kappa shape index (κ1) is 14.7. The van der Waals surface area contributed by atoms with Crippen molar-refractivity contribution >= 4 is 27.2 Å². The highest BCUT2D eigenvalue weighted by Gasteiger charge is 2.19. The molecule has 2 rings (SSSR count). The molecule has 0 aliphatic carbocycles. The summed E-state index contributed by atoms with van der Waals surface area (Å²) in [5.41, 5.74) is 4.76. The molecule has 0 saturated carbocycles. The van der Waals surface area contributed by atoms with Crippen molar-refractivity contribution in [3.8, 4) is 0 Å². The number of nitrogens with zero attached hydrogens (tertiary/aromatic N) is 2. The summed E-state index contributed by atoms with van der Waals surface area (Å²) < 4.78 is 38.9. The summed E-state index contributed by atoms with van der Waals surface area (Å²) in [5.74, 6) is -0.703. The van der Waals surface area contributed by atoms with Gasteiger partial charge in [0.25, 0.3) is 15.7 Å². The number of benzene rings is 1. The van der Waals surface area contributed by atoms with Crippen LogP contribution in [0.4, 0.5) is 21.6 Å². The van der Waals surface area contributed by atoms with Crippen molar-refractivity contribution in [2.45, 2.75) is 4.90 Å². The minimum Gasteiger partial charge on any atom is -0.393 e. The van der Waals surface area contributed by atoms with Gasteiger partial charge in [-0.2, -0.15) is 0 Å². The molecule has 3 N–H and O–H groups in total. The molecule has 1 aromatic heterocycles. The second kappa shape index (κ2) is 5.32. The maximum atomic E-state index is 12.7. The Morgan fingerprint density at radius 3 is 2.52 bits per heavy atom. The molecule has 21 heavy (non-hydrogen) atoms. The lowest BCUT2D eigenvalue weighted by molar-refractivity contribution is -0.383. The lowest BCUT2D eigenvalue weighted by atomic mass is 10.3. The zero-order valence-electron chi connectivity index (χ0n) is 10.4. The summed E-state index contributed by atoms with van der Waals surface area (Å²) in [6.45, 7) is 0. The Morgan fingerprint density at radius 1 is 1.29 bits per heavy atom. The predicted octanol–water partition coefficient (Wildman–Crippen LogP) is 1.51. The monoisotopic (exact) mass is 312 g/mol. The highest BCUT2D eigenvalue weighted by Crippen LogP contribution is 2.25. The summed E-state index contributed by atoms with van der Waals surface area (Å²) in [7, 11) is -4.03. The number of nitro groups is 1. The Bertz CT molecular complexity index is 792. The molecule has 0 fully saturated rings. The molecule has 1 aromatic carbocycles. The van der Waals surface area contributed by atoms with Gasteiger partial charge in [0.2, 0.25) is 0 Å². The number of nitrogens with two attached hydrogens (primary N) is 1. The third-order valence-electron chi connectivity index (χ3n) is 2.47. The van der Waals surface area contributed by atoms with Gasteiger partial charge in [0.05, 0.1) is 16.0 Å². The molecule has 0 spiro atoms. The third kappa shape index (κ3) is 3.23. The minimum absolute atomic E-state index is 0.0895. The molecule has 8 nitrogen and oxygen atoms in total. The van der Waals surface area contributed by atoms with Gasteiger partial charge in [-0.1, -0.05) is 0 Å². The first-order valence-electron chi connectivity index (χ1n) is 5.48. The number of hydrogen-bond donors (Lipinski definition) is 2. The van der Waals surface area contributed by atoms with Crippen molar-refractivity contribution in [2.75, 3.05) is 10.5 Å². The Kier molecular flexibility index (Phi) is 3.72. The normalized spacial score (nSPS) is 11.1.